The van der Waals surface area contributed by atoms with Crippen molar-refractivity contribution >= 4 is 5.97 Å². The number of nitrogens with zero attached hydrogens (tertiary/aromatic N) is 2. The molecule has 1 heterocycles. The highest BCUT2D eigenvalue weighted by Gasteiger charge is 2.24. The van der Waals surface area contributed by atoms with Crippen LogP contribution in [0.5, 0.6) is 0 Å². The van der Waals surface area contributed by atoms with Crippen LogP contribution in [0.4, 0.5) is 0 Å². The van der Waals surface area contributed by atoms with Crippen LogP contribution >= 0.6 is 0 Å². The fourth-order valence-electron chi connectivity index (χ4n) is 1.87. The number of hydrogen-bond donors (Lipinski definition) is 1. The average molecular weight is 230 g/mol. The number of carboxylic acid groups (broad SMARTS) is 1. The van der Waals surface area contributed by atoms with Crippen LogP contribution in [0, 0.1) is 6.92 Å². The van der Waals surface area contributed by atoms with Crippen molar-refractivity contribution in [2.45, 2.75) is 12.8 Å². The lowest BCUT2D eigenvalue weighted by Crippen LogP contribution is -2.16. The minimum absolute atomic E-state index is 0.664. The van der Waals surface area contributed by atoms with E-state index in [0.29, 0.717) is 5.69 Å². The lowest BCUT2D eigenvalue weighted by Gasteiger charge is -2.13. The Kier molecular flexibility index (Phi) is 2.95. The summed E-state index contributed by atoms with van der Waals surface area (Å²) < 4.78 is 1.60. The van der Waals surface area contributed by atoms with E-state index in [1.807, 2.05) is 31.2 Å². The number of benzene rings is 1. The minimum atomic E-state index is -0.863. The lowest BCUT2D eigenvalue weighted by molar-refractivity contribution is -0.137. The maximum Gasteiger partial charge on any atom is 0.317 e. The van der Waals surface area contributed by atoms with E-state index in [0.717, 1.165) is 11.1 Å². The van der Waals surface area contributed by atoms with Gasteiger partial charge in [-0.25, -0.2) is 0 Å². The van der Waals surface area contributed by atoms with Crippen molar-refractivity contribution in [1.29, 1.82) is 0 Å². The first-order chi connectivity index (χ1) is 8.09. The standard InChI is InChI=1S/C13H14N2O2/c1-9-3-5-10(6-4-9)12(13(16)17)11-7-8-14-15(11)2/h3-8,12H,1-2H3,(H,16,17). The van der Waals surface area contributed by atoms with E-state index >= 15 is 0 Å². The van der Waals surface area contributed by atoms with Gasteiger partial charge >= 0.3 is 5.97 Å². The molecule has 0 radical (unpaired) electrons. The summed E-state index contributed by atoms with van der Waals surface area (Å²) in [4.78, 5) is 11.4. The summed E-state index contributed by atoms with van der Waals surface area (Å²) in [6, 6.07) is 9.27. The molecule has 0 aliphatic rings. The van der Waals surface area contributed by atoms with Crippen molar-refractivity contribution in [2.24, 2.45) is 7.05 Å². The summed E-state index contributed by atoms with van der Waals surface area (Å²) in [6.07, 6.45) is 1.61. The molecule has 1 atom stereocenters. The number of carbonyl (C=O) groups is 1. The molecule has 0 bridgehead atoms. The van der Waals surface area contributed by atoms with E-state index < -0.39 is 11.9 Å². The number of aryl methyl sites for hydroxylation is 2. The van der Waals surface area contributed by atoms with Crippen LogP contribution in [0.1, 0.15) is 22.7 Å². The molecule has 0 saturated heterocycles. The molecule has 1 unspecified atom stereocenters. The van der Waals surface area contributed by atoms with Crippen molar-refractivity contribution in [3.05, 3.63) is 53.3 Å². The smallest absolute Gasteiger partial charge is 0.317 e. The van der Waals surface area contributed by atoms with E-state index in [1.165, 1.54) is 0 Å². The van der Waals surface area contributed by atoms with Gasteiger partial charge in [0, 0.05) is 13.2 Å². The Morgan fingerprint density at radius 2 is 1.94 bits per heavy atom. The van der Waals surface area contributed by atoms with Gasteiger partial charge in [0.15, 0.2) is 0 Å². The fraction of sp³-hybridized carbons (Fsp3) is 0.231. The normalized spacial score (nSPS) is 12.4. The Bertz CT molecular complexity index is 529. The second-order valence-corrected chi connectivity index (χ2v) is 4.06. The van der Waals surface area contributed by atoms with Gasteiger partial charge in [-0.05, 0) is 18.6 Å². The van der Waals surface area contributed by atoms with E-state index in [9.17, 15) is 9.90 Å². The first kappa shape index (κ1) is 11.4. The highest BCUT2D eigenvalue weighted by atomic mass is 16.4. The summed E-state index contributed by atoms with van der Waals surface area (Å²) >= 11 is 0. The summed E-state index contributed by atoms with van der Waals surface area (Å²) in [7, 11) is 1.75. The molecule has 0 aliphatic heterocycles. The molecule has 0 aliphatic carbocycles. The van der Waals surface area contributed by atoms with Crippen LogP contribution in [0.2, 0.25) is 0 Å². The van der Waals surface area contributed by atoms with Gasteiger partial charge < -0.3 is 5.11 Å². The number of aromatic nitrogens is 2. The molecule has 1 N–H and O–H groups in total. The first-order valence-electron chi connectivity index (χ1n) is 5.37. The number of carboxylic acids is 1. The Morgan fingerprint density at radius 1 is 1.29 bits per heavy atom. The molecule has 17 heavy (non-hydrogen) atoms. The molecule has 0 fully saturated rings. The van der Waals surface area contributed by atoms with Crippen molar-refractivity contribution in [3.63, 3.8) is 0 Å². The molecular weight excluding hydrogens is 216 g/mol. The van der Waals surface area contributed by atoms with E-state index in [4.69, 9.17) is 0 Å². The van der Waals surface area contributed by atoms with Gasteiger partial charge in [-0.3, -0.25) is 9.48 Å². The third kappa shape index (κ3) is 2.20. The molecule has 2 aromatic rings. The zero-order valence-electron chi connectivity index (χ0n) is 9.79. The molecule has 0 spiro atoms. The molecule has 4 nitrogen and oxygen atoms in total. The van der Waals surface area contributed by atoms with Crippen molar-refractivity contribution in [2.75, 3.05) is 0 Å². The van der Waals surface area contributed by atoms with E-state index in [1.54, 1.807) is 24.0 Å². The highest BCUT2D eigenvalue weighted by molar-refractivity contribution is 5.79. The summed E-state index contributed by atoms with van der Waals surface area (Å²) in [5, 5.41) is 13.4. The molecule has 88 valence electrons. The number of hydrogen-bond acceptors (Lipinski definition) is 2. The van der Waals surface area contributed by atoms with E-state index in [2.05, 4.69) is 5.10 Å². The van der Waals surface area contributed by atoms with Gasteiger partial charge in [-0.15, -0.1) is 0 Å². The monoisotopic (exact) mass is 230 g/mol. The van der Waals surface area contributed by atoms with Crippen LogP contribution in [0.25, 0.3) is 0 Å². The average Bonchev–Trinajstić information content (AvgIpc) is 2.68. The second kappa shape index (κ2) is 4.41. The van der Waals surface area contributed by atoms with Gasteiger partial charge in [-0.2, -0.15) is 5.10 Å². The Balaban J connectivity index is 2.47. The third-order valence-electron chi connectivity index (χ3n) is 2.81. The quantitative estimate of drug-likeness (QED) is 0.876. The molecule has 2 rings (SSSR count). The van der Waals surface area contributed by atoms with Crippen molar-refractivity contribution in [3.8, 4) is 0 Å². The maximum atomic E-state index is 11.4. The van der Waals surface area contributed by atoms with Gasteiger partial charge in [-0.1, -0.05) is 29.8 Å². The van der Waals surface area contributed by atoms with Crippen LogP contribution in [0.15, 0.2) is 36.5 Å². The topological polar surface area (TPSA) is 55.1 Å². The Hall–Kier alpha value is -2.10. The summed E-state index contributed by atoms with van der Waals surface area (Å²) in [6.45, 7) is 1.98. The van der Waals surface area contributed by atoms with Crippen LogP contribution in [-0.4, -0.2) is 20.9 Å². The zero-order valence-corrected chi connectivity index (χ0v) is 9.79. The van der Waals surface area contributed by atoms with E-state index in [-0.39, 0.29) is 0 Å². The van der Waals surface area contributed by atoms with Crippen molar-refractivity contribution in [1.82, 2.24) is 9.78 Å². The third-order valence-corrected chi connectivity index (χ3v) is 2.81. The SMILES string of the molecule is Cc1ccc(C(C(=O)O)c2ccnn2C)cc1. The zero-order chi connectivity index (χ0) is 12.4. The predicted molar refractivity (Wildman–Crippen MR) is 63.9 cm³/mol. The minimum Gasteiger partial charge on any atom is -0.480 e. The van der Waals surface area contributed by atoms with Gasteiger partial charge in [0.25, 0.3) is 0 Å². The summed E-state index contributed by atoms with van der Waals surface area (Å²) in [5.74, 6) is -1.53. The van der Waals surface area contributed by atoms with Crippen LogP contribution < -0.4 is 0 Å². The predicted octanol–water partition coefficient (Wildman–Crippen LogP) is 1.95. The highest BCUT2D eigenvalue weighted by Crippen LogP contribution is 2.24. The maximum absolute atomic E-state index is 11.4. The van der Waals surface area contributed by atoms with Gasteiger partial charge in [0.1, 0.15) is 5.92 Å². The van der Waals surface area contributed by atoms with Gasteiger partial charge in [0.2, 0.25) is 0 Å². The van der Waals surface area contributed by atoms with Gasteiger partial charge in [0.05, 0.1) is 5.69 Å². The Morgan fingerprint density at radius 3 is 2.41 bits per heavy atom. The molecule has 0 amide bonds. The lowest BCUT2D eigenvalue weighted by atomic mass is 9.95. The number of rotatable bonds is 3. The summed E-state index contributed by atoms with van der Waals surface area (Å²) in [5.41, 5.74) is 2.57. The number of aliphatic carboxylic acids is 1. The molecule has 0 saturated carbocycles. The molecule has 1 aromatic carbocycles. The fourth-order valence-corrected chi connectivity index (χ4v) is 1.87. The van der Waals surface area contributed by atoms with Crippen molar-refractivity contribution < 1.29 is 9.90 Å². The first-order valence-corrected chi connectivity index (χ1v) is 5.37. The Labute approximate surface area is 99.5 Å². The van der Waals surface area contributed by atoms with Crippen LogP contribution in [-0.2, 0) is 11.8 Å². The van der Waals surface area contributed by atoms with Crippen LogP contribution in [0.3, 0.4) is 0 Å². The largest absolute Gasteiger partial charge is 0.480 e. The molecular formula is C13H14N2O2. The molecule has 1 aromatic heterocycles. The molecule has 4 heteroatoms. The second-order valence-electron chi connectivity index (χ2n) is 4.06.